The number of hydrogen-bond acceptors (Lipinski definition) is 8. The van der Waals surface area contributed by atoms with Gasteiger partial charge in [0.25, 0.3) is 17.7 Å². The van der Waals surface area contributed by atoms with Crippen molar-refractivity contribution in [1.82, 2.24) is 19.8 Å². The van der Waals surface area contributed by atoms with Crippen molar-refractivity contribution >= 4 is 46.5 Å². The third-order valence-corrected chi connectivity index (χ3v) is 9.77. The lowest BCUT2D eigenvalue weighted by Gasteiger charge is -2.30. The summed E-state index contributed by atoms with van der Waals surface area (Å²) in [5.41, 5.74) is 0.0182. The molecule has 16 heteroatoms. The summed E-state index contributed by atoms with van der Waals surface area (Å²) in [4.78, 5) is 68.2. The first-order valence-corrected chi connectivity index (χ1v) is 17.1. The number of hydrogen-bond donors (Lipinski definition) is 2. The number of alkyl halides is 3. The van der Waals surface area contributed by atoms with Crippen LogP contribution in [0, 0.1) is 11.7 Å². The Kier molecular flexibility index (Phi) is 9.72. The summed E-state index contributed by atoms with van der Waals surface area (Å²) in [5, 5.41) is 4.81. The molecule has 1 saturated carbocycles. The van der Waals surface area contributed by atoms with Gasteiger partial charge < -0.3 is 14.0 Å². The van der Waals surface area contributed by atoms with Crippen LogP contribution in [0.15, 0.2) is 60.7 Å². The number of imidazole rings is 1. The molecule has 0 bridgehead atoms. The molecule has 0 radical (unpaired) electrons. The zero-order chi connectivity index (χ0) is 37.4. The van der Waals surface area contributed by atoms with Crippen molar-refractivity contribution in [2.24, 2.45) is 5.92 Å². The number of imide groups is 2. The van der Waals surface area contributed by atoms with Gasteiger partial charge in [0.15, 0.2) is 0 Å². The van der Waals surface area contributed by atoms with E-state index in [1.54, 1.807) is 12.1 Å². The number of nitrogens with one attached hydrogen (secondary N) is 2. The van der Waals surface area contributed by atoms with E-state index in [2.05, 4.69) is 15.6 Å². The zero-order valence-corrected chi connectivity index (χ0v) is 28.1. The fraction of sp³-hybridized carbons (Fsp3) is 0.351. The third-order valence-electron chi connectivity index (χ3n) is 9.77. The van der Waals surface area contributed by atoms with Crippen LogP contribution < -0.4 is 15.4 Å². The molecule has 2 fully saturated rings. The third kappa shape index (κ3) is 7.36. The smallest absolute Gasteiger partial charge is 0.416 e. The number of halogens is 4. The molecule has 3 aliphatic rings. The van der Waals surface area contributed by atoms with Crippen molar-refractivity contribution in [3.63, 3.8) is 0 Å². The Hall–Kier alpha value is -5.64. The van der Waals surface area contributed by atoms with Crippen molar-refractivity contribution < 1.29 is 51.0 Å². The standard InChI is InChI=1S/C37H33F4N5O7/c38-23-6-11-29-28(17-23)42-36(44-32(48)21-2-1-3-22(16-21)37(39,40)41)45(29)24-7-4-20(5-8-24)19-52-14-15-53-25-9-10-26-27(18-25)35(51)46(34(26)50)30-12-13-31(47)43-33(30)49/h1-3,6,9-11,16-18,20,24,30H,4-5,7-8,12-15,19H2,(H,42,44,48)(H,43,47,49)/t20-,24+,30?. The minimum Gasteiger partial charge on any atom is -0.491 e. The van der Waals surface area contributed by atoms with Crippen LogP contribution in [-0.4, -0.2) is 69.8 Å². The van der Waals surface area contributed by atoms with Gasteiger partial charge in [-0.25, -0.2) is 9.37 Å². The normalized spacial score (nSPS) is 20.5. The number of carbonyl (C=O) groups excluding carboxylic acids is 5. The minimum absolute atomic E-state index is 0.0272. The second kappa shape index (κ2) is 14.4. The first kappa shape index (κ1) is 35.7. The van der Waals surface area contributed by atoms with Gasteiger partial charge in [0.05, 0.1) is 34.3 Å². The SMILES string of the molecule is O=C1CCC(N2C(=O)c3ccc(OCCOC[C@H]4CC[C@@H](n5c(NC(=O)c6cccc(C(F)(F)F)c6)nc6cc(F)ccc65)CC4)cc3C2=O)C(=O)N1. The number of carbonyl (C=O) groups is 5. The Bertz CT molecular complexity index is 2130. The van der Waals surface area contributed by atoms with E-state index < -0.39 is 53.1 Å². The van der Waals surface area contributed by atoms with Gasteiger partial charge in [0.2, 0.25) is 17.8 Å². The van der Waals surface area contributed by atoms with Crippen LogP contribution in [-0.2, 0) is 20.5 Å². The number of nitrogens with zero attached hydrogens (tertiary/aromatic N) is 3. The molecule has 1 saturated heterocycles. The maximum atomic E-state index is 14.1. The van der Waals surface area contributed by atoms with Crippen LogP contribution in [0.2, 0.25) is 0 Å². The molecule has 53 heavy (non-hydrogen) atoms. The summed E-state index contributed by atoms with van der Waals surface area (Å²) in [5.74, 6) is -2.97. The fourth-order valence-electron chi connectivity index (χ4n) is 7.12. The average Bonchev–Trinajstić information content (AvgIpc) is 3.60. The number of benzene rings is 3. The summed E-state index contributed by atoms with van der Waals surface area (Å²) in [7, 11) is 0. The van der Waals surface area contributed by atoms with Gasteiger partial charge in [-0.2, -0.15) is 13.2 Å². The van der Waals surface area contributed by atoms with Gasteiger partial charge in [-0.15, -0.1) is 0 Å². The Morgan fingerprint density at radius 2 is 1.68 bits per heavy atom. The minimum atomic E-state index is -4.62. The Balaban J connectivity index is 0.918. The lowest BCUT2D eigenvalue weighted by molar-refractivity contribution is -0.138. The lowest BCUT2D eigenvalue weighted by Crippen LogP contribution is -2.54. The van der Waals surface area contributed by atoms with Crippen LogP contribution in [0.1, 0.15) is 81.2 Å². The highest BCUT2D eigenvalue weighted by molar-refractivity contribution is 6.23. The molecular weight excluding hydrogens is 702 g/mol. The molecule has 3 heterocycles. The van der Waals surface area contributed by atoms with Crippen LogP contribution in [0.25, 0.3) is 11.0 Å². The Morgan fingerprint density at radius 1 is 0.906 bits per heavy atom. The number of rotatable bonds is 10. The molecule has 0 spiro atoms. The summed E-state index contributed by atoms with van der Waals surface area (Å²) < 4.78 is 67.4. The number of aromatic nitrogens is 2. The largest absolute Gasteiger partial charge is 0.491 e. The summed E-state index contributed by atoms with van der Waals surface area (Å²) in [6.07, 6.45) is -1.65. The van der Waals surface area contributed by atoms with Gasteiger partial charge in [-0.1, -0.05) is 6.07 Å². The van der Waals surface area contributed by atoms with E-state index in [0.29, 0.717) is 36.2 Å². The van der Waals surface area contributed by atoms with Crippen molar-refractivity contribution in [3.05, 3.63) is 88.7 Å². The summed E-state index contributed by atoms with van der Waals surface area (Å²) in [6.45, 7) is 0.860. The first-order valence-electron chi connectivity index (χ1n) is 17.1. The molecule has 5 amide bonds. The summed E-state index contributed by atoms with van der Waals surface area (Å²) >= 11 is 0. The Labute approximate surface area is 299 Å². The van der Waals surface area contributed by atoms with Crippen LogP contribution in [0.3, 0.4) is 0 Å². The quantitative estimate of drug-likeness (QED) is 0.120. The average molecular weight is 736 g/mol. The van der Waals surface area contributed by atoms with Crippen LogP contribution >= 0.6 is 0 Å². The van der Waals surface area contributed by atoms with Crippen LogP contribution in [0.4, 0.5) is 23.5 Å². The molecule has 7 rings (SSSR count). The van der Waals surface area contributed by atoms with Gasteiger partial charge in [0.1, 0.15) is 24.2 Å². The highest BCUT2D eigenvalue weighted by atomic mass is 19.4. The van der Waals surface area contributed by atoms with Gasteiger partial charge in [-0.05, 0) is 86.6 Å². The first-order chi connectivity index (χ1) is 25.4. The van der Waals surface area contributed by atoms with Gasteiger partial charge in [-0.3, -0.25) is 39.5 Å². The number of fused-ring (bicyclic) bond motifs is 2. The Morgan fingerprint density at radius 3 is 2.43 bits per heavy atom. The number of piperidine rings is 1. The maximum Gasteiger partial charge on any atom is 0.416 e. The highest BCUT2D eigenvalue weighted by Gasteiger charge is 2.44. The fourth-order valence-corrected chi connectivity index (χ4v) is 7.12. The monoisotopic (exact) mass is 735 g/mol. The molecule has 3 aromatic carbocycles. The molecule has 2 N–H and O–H groups in total. The lowest BCUT2D eigenvalue weighted by atomic mass is 9.86. The summed E-state index contributed by atoms with van der Waals surface area (Å²) in [6, 6.07) is 11.5. The second-order valence-electron chi connectivity index (χ2n) is 13.2. The van der Waals surface area contributed by atoms with E-state index in [4.69, 9.17) is 9.47 Å². The van der Waals surface area contributed by atoms with E-state index in [9.17, 15) is 41.5 Å². The molecule has 1 atom stereocenters. The number of amides is 5. The van der Waals surface area contributed by atoms with Crippen molar-refractivity contribution in [3.8, 4) is 5.75 Å². The molecule has 1 aliphatic carbocycles. The van der Waals surface area contributed by atoms with Crippen LogP contribution in [0.5, 0.6) is 5.75 Å². The van der Waals surface area contributed by atoms with Crippen molar-refractivity contribution in [2.45, 2.75) is 56.8 Å². The molecular formula is C37H33F4N5O7. The van der Waals surface area contributed by atoms with E-state index in [-0.39, 0.29) is 60.7 Å². The second-order valence-corrected chi connectivity index (χ2v) is 13.2. The molecule has 4 aromatic rings. The number of ether oxygens (including phenoxy) is 2. The highest BCUT2D eigenvalue weighted by Crippen LogP contribution is 2.38. The van der Waals surface area contributed by atoms with Gasteiger partial charge >= 0.3 is 6.18 Å². The predicted molar refractivity (Wildman–Crippen MR) is 180 cm³/mol. The van der Waals surface area contributed by atoms with Crippen molar-refractivity contribution in [1.29, 1.82) is 0 Å². The predicted octanol–water partition coefficient (Wildman–Crippen LogP) is 5.67. The molecule has 276 valence electrons. The van der Waals surface area contributed by atoms with Crippen molar-refractivity contribution in [2.75, 3.05) is 25.1 Å². The van der Waals surface area contributed by atoms with E-state index in [1.807, 2.05) is 4.57 Å². The topological polar surface area (TPSA) is 149 Å². The molecule has 1 unspecified atom stereocenters. The molecule has 1 aromatic heterocycles. The zero-order valence-electron chi connectivity index (χ0n) is 28.1. The van der Waals surface area contributed by atoms with E-state index in [0.717, 1.165) is 35.9 Å². The van der Waals surface area contributed by atoms with E-state index in [1.165, 1.54) is 30.3 Å². The number of anilines is 1. The molecule has 2 aliphatic heterocycles. The maximum absolute atomic E-state index is 14.1. The molecule has 12 nitrogen and oxygen atoms in total. The van der Waals surface area contributed by atoms with Gasteiger partial charge in [0, 0.05) is 30.7 Å². The van der Waals surface area contributed by atoms with E-state index >= 15 is 0 Å².